The fourth-order valence-electron chi connectivity index (χ4n) is 1.71. The van der Waals surface area contributed by atoms with E-state index >= 15 is 0 Å². The lowest BCUT2D eigenvalue weighted by molar-refractivity contribution is 0.0697. The van der Waals surface area contributed by atoms with Crippen molar-refractivity contribution in [3.63, 3.8) is 0 Å². The van der Waals surface area contributed by atoms with Gasteiger partial charge in [0, 0.05) is 11.4 Å². The van der Waals surface area contributed by atoms with E-state index in [1.165, 1.54) is 12.1 Å². The lowest BCUT2D eigenvalue weighted by Gasteiger charge is -2.11. The molecule has 0 amide bonds. The maximum atomic E-state index is 10.7. The first-order valence-corrected chi connectivity index (χ1v) is 6.43. The Hall–Kier alpha value is -2.40. The molecule has 2 aromatic rings. The molecule has 0 spiro atoms. The number of aryl methyl sites for hydroxylation is 1. The number of aromatic carboxylic acids is 1. The number of hydrogen-bond donors (Lipinski definition) is 3. The van der Waals surface area contributed by atoms with Gasteiger partial charge in [0.15, 0.2) is 5.11 Å². The fraction of sp³-hybridized carbons (Fsp3) is 0.0667. The van der Waals surface area contributed by atoms with Gasteiger partial charge in [0.25, 0.3) is 0 Å². The second-order valence-corrected chi connectivity index (χ2v) is 4.74. The van der Waals surface area contributed by atoms with E-state index in [9.17, 15) is 4.79 Å². The minimum absolute atomic E-state index is 0.244. The van der Waals surface area contributed by atoms with Gasteiger partial charge in [0.05, 0.1) is 5.56 Å². The summed E-state index contributed by atoms with van der Waals surface area (Å²) in [5.41, 5.74) is 3.03. The number of rotatable bonds is 3. The Morgan fingerprint density at radius 1 is 1.05 bits per heavy atom. The van der Waals surface area contributed by atoms with Gasteiger partial charge in [0.2, 0.25) is 0 Å². The third-order valence-electron chi connectivity index (χ3n) is 2.67. The van der Waals surface area contributed by atoms with Crippen molar-refractivity contribution in [2.24, 2.45) is 0 Å². The summed E-state index contributed by atoms with van der Waals surface area (Å²) in [4.78, 5) is 10.7. The van der Waals surface area contributed by atoms with Crippen molar-refractivity contribution in [3.05, 3.63) is 59.7 Å². The smallest absolute Gasteiger partial charge is 0.335 e. The Morgan fingerprint density at radius 3 is 2.30 bits per heavy atom. The average molecular weight is 286 g/mol. The summed E-state index contributed by atoms with van der Waals surface area (Å²) in [5, 5.41) is 15.4. The standard InChI is InChI=1S/C15H14N2O2S/c1-10-3-2-4-13(9-10)17-15(20)16-12-7-5-11(6-8-12)14(18)19/h2-9H,1H3,(H,18,19)(H2,16,17,20). The van der Waals surface area contributed by atoms with Crippen molar-refractivity contribution in [2.45, 2.75) is 6.92 Å². The first kappa shape index (κ1) is 14.0. The molecular weight excluding hydrogens is 272 g/mol. The molecule has 0 aliphatic carbocycles. The molecule has 0 bridgehead atoms. The van der Waals surface area contributed by atoms with Crippen LogP contribution in [0.4, 0.5) is 11.4 Å². The molecule has 0 atom stereocenters. The second kappa shape index (κ2) is 6.16. The number of carboxylic acids is 1. The van der Waals surface area contributed by atoms with Crippen molar-refractivity contribution in [1.82, 2.24) is 0 Å². The highest BCUT2D eigenvalue weighted by atomic mass is 32.1. The van der Waals surface area contributed by atoms with Crippen LogP contribution in [0.3, 0.4) is 0 Å². The van der Waals surface area contributed by atoms with Crippen LogP contribution in [0.1, 0.15) is 15.9 Å². The van der Waals surface area contributed by atoms with Gasteiger partial charge in [0.1, 0.15) is 0 Å². The Kier molecular flexibility index (Phi) is 4.32. The molecule has 0 radical (unpaired) electrons. The van der Waals surface area contributed by atoms with Gasteiger partial charge in [-0.1, -0.05) is 12.1 Å². The molecule has 0 saturated heterocycles. The molecular formula is C15H14N2O2S. The Morgan fingerprint density at radius 2 is 1.70 bits per heavy atom. The minimum Gasteiger partial charge on any atom is -0.478 e. The quantitative estimate of drug-likeness (QED) is 0.754. The molecule has 102 valence electrons. The molecule has 0 saturated carbocycles. The van der Waals surface area contributed by atoms with Crippen molar-refractivity contribution in [3.8, 4) is 0 Å². The molecule has 0 aliphatic rings. The van der Waals surface area contributed by atoms with Crippen LogP contribution < -0.4 is 10.6 Å². The summed E-state index contributed by atoms with van der Waals surface area (Å²) in [6.45, 7) is 2.01. The van der Waals surface area contributed by atoms with Crippen LogP contribution in [0.5, 0.6) is 0 Å². The van der Waals surface area contributed by atoms with Gasteiger partial charge in [-0.25, -0.2) is 4.79 Å². The number of thiocarbonyl (C=S) groups is 1. The third-order valence-corrected chi connectivity index (χ3v) is 2.87. The zero-order valence-electron chi connectivity index (χ0n) is 10.9. The van der Waals surface area contributed by atoms with Crippen LogP contribution in [0.25, 0.3) is 0 Å². The van der Waals surface area contributed by atoms with Crippen LogP contribution in [0.15, 0.2) is 48.5 Å². The normalized spacial score (nSPS) is 9.85. The maximum Gasteiger partial charge on any atom is 0.335 e. The van der Waals surface area contributed by atoms with Crippen LogP contribution in [0, 0.1) is 6.92 Å². The van der Waals surface area contributed by atoms with Crippen molar-refractivity contribution >= 4 is 34.7 Å². The molecule has 0 heterocycles. The zero-order valence-corrected chi connectivity index (χ0v) is 11.7. The summed E-state index contributed by atoms with van der Waals surface area (Å²) in [6.07, 6.45) is 0. The predicted octanol–water partition coefficient (Wildman–Crippen LogP) is 3.50. The summed E-state index contributed by atoms with van der Waals surface area (Å²) in [7, 11) is 0. The minimum atomic E-state index is -0.947. The molecule has 0 unspecified atom stereocenters. The topological polar surface area (TPSA) is 61.4 Å². The molecule has 2 aromatic carbocycles. The fourth-order valence-corrected chi connectivity index (χ4v) is 1.95. The number of anilines is 2. The van der Waals surface area contributed by atoms with Gasteiger partial charge < -0.3 is 15.7 Å². The Balaban J connectivity index is 1.99. The number of benzene rings is 2. The number of nitrogens with one attached hydrogen (secondary N) is 2. The van der Waals surface area contributed by atoms with E-state index in [4.69, 9.17) is 17.3 Å². The number of carbonyl (C=O) groups is 1. The van der Waals surface area contributed by atoms with Crippen molar-refractivity contribution < 1.29 is 9.90 Å². The lowest BCUT2D eigenvalue weighted by atomic mass is 10.2. The summed E-state index contributed by atoms with van der Waals surface area (Å²) in [5.74, 6) is -0.947. The highest BCUT2D eigenvalue weighted by molar-refractivity contribution is 7.80. The molecule has 0 aliphatic heterocycles. The molecule has 3 N–H and O–H groups in total. The van der Waals surface area contributed by atoms with Gasteiger partial charge in [-0.2, -0.15) is 0 Å². The predicted molar refractivity (Wildman–Crippen MR) is 84.4 cm³/mol. The Labute approximate surface area is 122 Å². The summed E-state index contributed by atoms with van der Waals surface area (Å²) < 4.78 is 0. The van der Waals surface area contributed by atoms with Gasteiger partial charge in [-0.15, -0.1) is 0 Å². The van der Waals surface area contributed by atoms with E-state index in [1.54, 1.807) is 12.1 Å². The van der Waals surface area contributed by atoms with E-state index in [-0.39, 0.29) is 5.56 Å². The van der Waals surface area contributed by atoms with Gasteiger partial charge in [-0.3, -0.25) is 0 Å². The number of carboxylic acid groups (broad SMARTS) is 1. The summed E-state index contributed by atoms with van der Waals surface area (Å²) in [6, 6.07) is 14.3. The highest BCUT2D eigenvalue weighted by Gasteiger charge is 2.03. The molecule has 4 nitrogen and oxygen atoms in total. The van der Waals surface area contributed by atoms with Crippen LogP contribution in [0.2, 0.25) is 0 Å². The lowest BCUT2D eigenvalue weighted by Crippen LogP contribution is -2.19. The van der Waals surface area contributed by atoms with Gasteiger partial charge in [-0.05, 0) is 61.1 Å². The zero-order chi connectivity index (χ0) is 14.5. The van der Waals surface area contributed by atoms with Crippen molar-refractivity contribution in [2.75, 3.05) is 10.6 Å². The van der Waals surface area contributed by atoms with Crippen molar-refractivity contribution in [1.29, 1.82) is 0 Å². The first-order chi connectivity index (χ1) is 9.54. The molecule has 5 heteroatoms. The largest absolute Gasteiger partial charge is 0.478 e. The summed E-state index contributed by atoms with van der Waals surface area (Å²) >= 11 is 5.21. The van der Waals surface area contributed by atoms with Crippen LogP contribution >= 0.6 is 12.2 Å². The van der Waals surface area contributed by atoms with Crippen LogP contribution in [-0.4, -0.2) is 16.2 Å². The Bertz CT molecular complexity index is 639. The average Bonchev–Trinajstić information content (AvgIpc) is 2.39. The van der Waals surface area contributed by atoms with E-state index in [0.717, 1.165) is 16.9 Å². The van der Waals surface area contributed by atoms with E-state index in [0.29, 0.717) is 5.11 Å². The molecule has 20 heavy (non-hydrogen) atoms. The monoisotopic (exact) mass is 286 g/mol. The van der Waals surface area contributed by atoms with E-state index in [2.05, 4.69) is 10.6 Å². The molecule has 0 fully saturated rings. The number of hydrogen-bond acceptors (Lipinski definition) is 2. The third kappa shape index (κ3) is 3.80. The first-order valence-electron chi connectivity index (χ1n) is 6.02. The maximum absolute atomic E-state index is 10.7. The second-order valence-electron chi connectivity index (χ2n) is 4.33. The van der Waals surface area contributed by atoms with E-state index < -0.39 is 5.97 Å². The molecule has 2 rings (SSSR count). The van der Waals surface area contributed by atoms with Crippen LogP contribution in [-0.2, 0) is 0 Å². The highest BCUT2D eigenvalue weighted by Crippen LogP contribution is 2.12. The molecule has 0 aromatic heterocycles. The van der Waals surface area contributed by atoms with Gasteiger partial charge >= 0.3 is 5.97 Å². The van der Waals surface area contributed by atoms with E-state index in [1.807, 2.05) is 31.2 Å². The SMILES string of the molecule is Cc1cccc(NC(=S)Nc2ccc(C(=O)O)cc2)c1.